The number of carboxylic acid groups (broad SMARTS) is 1. The second-order valence-corrected chi connectivity index (χ2v) is 3.88. The van der Waals surface area contributed by atoms with Crippen LogP contribution in [0.1, 0.15) is 22.6 Å². The predicted octanol–water partition coefficient (Wildman–Crippen LogP) is 1.04. The molecular formula is C8H13N3O2S. The van der Waals surface area contributed by atoms with E-state index in [-0.39, 0.29) is 5.69 Å². The third-order valence-electron chi connectivity index (χ3n) is 1.90. The molecule has 5 nitrogen and oxygen atoms in total. The maximum Gasteiger partial charge on any atom is 0.358 e. The summed E-state index contributed by atoms with van der Waals surface area (Å²) in [5.74, 6) is 0.0282. The maximum absolute atomic E-state index is 10.6. The van der Waals surface area contributed by atoms with Gasteiger partial charge in [0.25, 0.3) is 0 Å². The van der Waals surface area contributed by atoms with Crippen molar-refractivity contribution < 1.29 is 9.90 Å². The standard InChI is InChI=1S/C8H13N3O2S/c1-6-7(8(12)13)9-10-11(6)4-3-5-14-2/h3-5H2,1-2H3,(H,12,13). The number of carbonyl (C=O) groups is 1. The molecule has 0 radical (unpaired) electrons. The Morgan fingerprint density at radius 3 is 2.86 bits per heavy atom. The summed E-state index contributed by atoms with van der Waals surface area (Å²) in [6, 6.07) is 0. The molecule has 1 N–H and O–H groups in total. The van der Waals surface area contributed by atoms with Gasteiger partial charge in [0.2, 0.25) is 0 Å². The molecular weight excluding hydrogens is 202 g/mol. The monoisotopic (exact) mass is 215 g/mol. The lowest BCUT2D eigenvalue weighted by molar-refractivity contribution is 0.0689. The summed E-state index contributed by atoms with van der Waals surface area (Å²) in [5, 5.41) is 16.1. The van der Waals surface area contributed by atoms with Gasteiger partial charge in [0.05, 0.1) is 5.69 Å². The summed E-state index contributed by atoms with van der Waals surface area (Å²) in [5.41, 5.74) is 0.674. The first-order chi connectivity index (χ1) is 6.66. The average Bonchev–Trinajstić information content (AvgIpc) is 2.48. The predicted molar refractivity (Wildman–Crippen MR) is 54.7 cm³/mol. The molecule has 0 spiro atoms. The van der Waals surface area contributed by atoms with E-state index >= 15 is 0 Å². The van der Waals surface area contributed by atoms with Crippen LogP contribution in [-0.4, -0.2) is 38.1 Å². The van der Waals surface area contributed by atoms with Crippen LogP contribution < -0.4 is 0 Å². The molecule has 0 unspecified atom stereocenters. The van der Waals surface area contributed by atoms with Crippen molar-refractivity contribution in [3.05, 3.63) is 11.4 Å². The van der Waals surface area contributed by atoms with Crippen LogP contribution in [0, 0.1) is 6.92 Å². The van der Waals surface area contributed by atoms with Crippen LogP contribution in [0.5, 0.6) is 0 Å². The maximum atomic E-state index is 10.6. The van der Waals surface area contributed by atoms with Gasteiger partial charge in [-0.15, -0.1) is 5.10 Å². The van der Waals surface area contributed by atoms with E-state index in [4.69, 9.17) is 5.11 Å². The highest BCUT2D eigenvalue weighted by Crippen LogP contribution is 2.05. The number of hydrogen-bond donors (Lipinski definition) is 1. The van der Waals surface area contributed by atoms with Crippen LogP contribution in [0.3, 0.4) is 0 Å². The van der Waals surface area contributed by atoms with Gasteiger partial charge in [-0.05, 0) is 25.4 Å². The number of hydrogen-bond acceptors (Lipinski definition) is 4. The summed E-state index contributed by atoms with van der Waals surface area (Å²) in [7, 11) is 0. The van der Waals surface area contributed by atoms with E-state index in [1.54, 1.807) is 23.4 Å². The first-order valence-electron chi connectivity index (χ1n) is 4.29. The molecule has 0 aromatic carbocycles. The van der Waals surface area contributed by atoms with Gasteiger partial charge in [-0.3, -0.25) is 0 Å². The van der Waals surface area contributed by atoms with Crippen molar-refractivity contribution in [2.45, 2.75) is 19.9 Å². The summed E-state index contributed by atoms with van der Waals surface area (Å²) in [6.45, 7) is 2.45. The lowest BCUT2D eigenvalue weighted by Crippen LogP contribution is -2.05. The van der Waals surface area contributed by atoms with E-state index in [2.05, 4.69) is 10.3 Å². The van der Waals surface area contributed by atoms with Gasteiger partial charge in [-0.1, -0.05) is 5.21 Å². The minimum atomic E-state index is -1.02. The molecule has 0 aliphatic carbocycles. The summed E-state index contributed by atoms with van der Waals surface area (Å²) < 4.78 is 1.64. The Morgan fingerprint density at radius 1 is 1.64 bits per heavy atom. The van der Waals surface area contributed by atoms with E-state index in [0.29, 0.717) is 5.69 Å². The topological polar surface area (TPSA) is 68.0 Å². The lowest BCUT2D eigenvalue weighted by Gasteiger charge is -2.01. The Kier molecular flexibility index (Phi) is 3.94. The minimum Gasteiger partial charge on any atom is -0.476 e. The molecule has 6 heteroatoms. The zero-order chi connectivity index (χ0) is 10.6. The molecule has 1 heterocycles. The van der Waals surface area contributed by atoms with Crippen molar-refractivity contribution in [2.24, 2.45) is 0 Å². The molecule has 0 amide bonds. The fourth-order valence-corrected chi connectivity index (χ4v) is 1.55. The minimum absolute atomic E-state index is 0.0501. The van der Waals surface area contributed by atoms with Crippen LogP contribution >= 0.6 is 11.8 Å². The van der Waals surface area contributed by atoms with Crippen molar-refractivity contribution in [3.63, 3.8) is 0 Å². The Balaban J connectivity index is 2.65. The van der Waals surface area contributed by atoms with Gasteiger partial charge < -0.3 is 5.11 Å². The Hall–Kier alpha value is -1.04. The number of aryl methyl sites for hydroxylation is 1. The molecule has 1 aromatic heterocycles. The van der Waals surface area contributed by atoms with Crippen LogP contribution in [-0.2, 0) is 6.54 Å². The van der Waals surface area contributed by atoms with Gasteiger partial charge in [-0.25, -0.2) is 9.48 Å². The van der Waals surface area contributed by atoms with E-state index < -0.39 is 5.97 Å². The molecule has 0 aliphatic heterocycles. The van der Waals surface area contributed by atoms with Gasteiger partial charge in [0, 0.05) is 6.54 Å². The molecule has 78 valence electrons. The third kappa shape index (κ3) is 2.47. The fraction of sp³-hybridized carbons (Fsp3) is 0.625. The van der Waals surface area contributed by atoms with Gasteiger partial charge in [-0.2, -0.15) is 11.8 Å². The Labute approximate surface area is 86.5 Å². The second-order valence-electron chi connectivity index (χ2n) is 2.90. The zero-order valence-corrected chi connectivity index (χ0v) is 9.04. The summed E-state index contributed by atoms with van der Waals surface area (Å²) >= 11 is 1.76. The van der Waals surface area contributed by atoms with E-state index in [9.17, 15) is 4.79 Å². The molecule has 0 bridgehead atoms. The molecule has 0 fully saturated rings. The molecule has 1 aromatic rings. The third-order valence-corrected chi connectivity index (χ3v) is 2.60. The number of nitrogens with zero attached hydrogens (tertiary/aromatic N) is 3. The zero-order valence-electron chi connectivity index (χ0n) is 8.23. The Bertz CT molecular complexity index is 324. The number of aromatic carboxylic acids is 1. The quantitative estimate of drug-likeness (QED) is 0.743. The second kappa shape index (κ2) is 4.99. The van der Waals surface area contributed by atoms with Crippen LogP contribution in [0.25, 0.3) is 0 Å². The van der Waals surface area contributed by atoms with Crippen molar-refractivity contribution in [1.82, 2.24) is 15.0 Å². The number of carboxylic acids is 1. The normalized spacial score (nSPS) is 10.4. The van der Waals surface area contributed by atoms with Crippen LogP contribution in [0.15, 0.2) is 0 Å². The smallest absolute Gasteiger partial charge is 0.358 e. The SMILES string of the molecule is CSCCCn1nnc(C(=O)O)c1C. The van der Waals surface area contributed by atoms with Crippen molar-refractivity contribution >= 4 is 17.7 Å². The molecule has 0 saturated carbocycles. The Morgan fingerprint density at radius 2 is 2.36 bits per heavy atom. The number of aromatic nitrogens is 3. The van der Waals surface area contributed by atoms with Gasteiger partial charge >= 0.3 is 5.97 Å². The molecule has 0 atom stereocenters. The summed E-state index contributed by atoms with van der Waals surface area (Å²) in [6.07, 6.45) is 3.02. The first-order valence-corrected chi connectivity index (χ1v) is 5.68. The van der Waals surface area contributed by atoms with Gasteiger partial charge in [0.1, 0.15) is 0 Å². The molecule has 14 heavy (non-hydrogen) atoms. The van der Waals surface area contributed by atoms with Crippen molar-refractivity contribution in [3.8, 4) is 0 Å². The number of thioether (sulfide) groups is 1. The van der Waals surface area contributed by atoms with Crippen molar-refractivity contribution in [2.75, 3.05) is 12.0 Å². The van der Waals surface area contributed by atoms with Gasteiger partial charge in [0.15, 0.2) is 5.69 Å². The van der Waals surface area contributed by atoms with Crippen LogP contribution in [0.4, 0.5) is 0 Å². The summed E-state index contributed by atoms with van der Waals surface area (Å²) in [4.78, 5) is 10.6. The van der Waals surface area contributed by atoms with E-state index in [1.807, 2.05) is 6.26 Å². The highest BCUT2D eigenvalue weighted by atomic mass is 32.2. The van der Waals surface area contributed by atoms with E-state index in [0.717, 1.165) is 18.7 Å². The highest BCUT2D eigenvalue weighted by Gasteiger charge is 2.14. The highest BCUT2D eigenvalue weighted by molar-refractivity contribution is 7.98. The van der Waals surface area contributed by atoms with Crippen LogP contribution in [0.2, 0.25) is 0 Å². The lowest BCUT2D eigenvalue weighted by atomic mass is 10.3. The van der Waals surface area contributed by atoms with Crippen molar-refractivity contribution in [1.29, 1.82) is 0 Å². The van der Waals surface area contributed by atoms with E-state index in [1.165, 1.54) is 0 Å². The first kappa shape index (κ1) is 11.0. The average molecular weight is 215 g/mol. The molecule has 1 rings (SSSR count). The largest absolute Gasteiger partial charge is 0.476 e. The molecule has 0 saturated heterocycles. The number of rotatable bonds is 5. The molecule has 0 aliphatic rings. The fourth-order valence-electron chi connectivity index (χ4n) is 1.13.